The van der Waals surface area contributed by atoms with Gasteiger partial charge in [-0.3, -0.25) is 0 Å². The topological polar surface area (TPSA) is 21.3 Å². The van der Waals surface area contributed by atoms with Gasteiger partial charge in [-0.25, -0.2) is 4.39 Å². The van der Waals surface area contributed by atoms with Crippen molar-refractivity contribution < 1.29 is 9.13 Å². The Morgan fingerprint density at radius 2 is 2.26 bits per heavy atom. The third kappa shape index (κ3) is 3.36. The molecule has 0 radical (unpaired) electrons. The first-order valence-corrected chi connectivity index (χ1v) is 7.76. The van der Waals surface area contributed by atoms with Gasteiger partial charge in [-0.1, -0.05) is 29.8 Å². The molecular formula is C15H21BrFNO. The molecular weight excluding hydrogens is 309 g/mol. The van der Waals surface area contributed by atoms with E-state index in [0.717, 1.165) is 36.0 Å². The Morgan fingerprint density at radius 1 is 1.47 bits per heavy atom. The first-order valence-electron chi connectivity index (χ1n) is 6.97. The fourth-order valence-corrected chi connectivity index (χ4v) is 3.31. The van der Waals surface area contributed by atoms with Crippen molar-refractivity contribution in [3.05, 3.63) is 34.1 Å². The number of hydrogen-bond acceptors (Lipinski definition) is 2. The van der Waals surface area contributed by atoms with Crippen LogP contribution in [0.15, 0.2) is 22.7 Å². The molecule has 0 bridgehead atoms. The molecule has 2 nitrogen and oxygen atoms in total. The van der Waals surface area contributed by atoms with Crippen molar-refractivity contribution in [3.63, 3.8) is 0 Å². The highest BCUT2D eigenvalue weighted by Gasteiger charge is 2.35. The first-order chi connectivity index (χ1) is 9.17. The molecule has 4 heteroatoms. The number of benzene rings is 1. The molecule has 3 unspecified atom stereocenters. The minimum absolute atomic E-state index is 0.0231. The van der Waals surface area contributed by atoms with Crippen molar-refractivity contribution in [2.24, 2.45) is 5.92 Å². The van der Waals surface area contributed by atoms with Gasteiger partial charge in [0.15, 0.2) is 0 Å². The van der Waals surface area contributed by atoms with Gasteiger partial charge in [-0.05, 0) is 37.6 Å². The summed E-state index contributed by atoms with van der Waals surface area (Å²) in [6, 6.07) is 5.17. The maximum Gasteiger partial charge on any atom is 0.128 e. The molecule has 1 aromatic carbocycles. The number of rotatable bonds is 5. The van der Waals surface area contributed by atoms with Gasteiger partial charge in [0.05, 0.1) is 6.10 Å². The van der Waals surface area contributed by atoms with Gasteiger partial charge in [0.25, 0.3) is 0 Å². The highest BCUT2D eigenvalue weighted by molar-refractivity contribution is 9.10. The lowest BCUT2D eigenvalue weighted by Gasteiger charge is -2.28. The number of halogens is 2. The van der Waals surface area contributed by atoms with Crippen LogP contribution < -0.4 is 5.32 Å². The second-order valence-corrected chi connectivity index (χ2v) is 5.89. The monoisotopic (exact) mass is 329 g/mol. The van der Waals surface area contributed by atoms with E-state index in [1.165, 1.54) is 6.07 Å². The highest BCUT2D eigenvalue weighted by Crippen LogP contribution is 2.36. The lowest BCUT2D eigenvalue weighted by molar-refractivity contribution is 0.0772. The molecule has 1 N–H and O–H groups in total. The van der Waals surface area contributed by atoms with E-state index < -0.39 is 0 Å². The second kappa shape index (κ2) is 6.82. The lowest BCUT2D eigenvalue weighted by atomic mass is 9.86. The standard InChI is InChI=1S/C15H21BrFNO/c1-3-14-11(7-8-19-14)15(18-4-2)12-9-10(16)5-6-13(12)17/h5-6,9,11,14-15,18H,3-4,7-8H2,1-2H3. The fraction of sp³-hybridized carbons (Fsp3) is 0.600. The average Bonchev–Trinajstić information content (AvgIpc) is 2.87. The van der Waals surface area contributed by atoms with Crippen LogP contribution in [0.5, 0.6) is 0 Å². The summed E-state index contributed by atoms with van der Waals surface area (Å²) in [7, 11) is 0. The summed E-state index contributed by atoms with van der Waals surface area (Å²) in [6.07, 6.45) is 2.19. The van der Waals surface area contributed by atoms with Crippen molar-refractivity contribution in [2.45, 2.75) is 38.8 Å². The molecule has 0 amide bonds. The van der Waals surface area contributed by atoms with E-state index >= 15 is 0 Å². The Morgan fingerprint density at radius 3 is 2.95 bits per heavy atom. The van der Waals surface area contributed by atoms with Crippen LogP contribution in [0.2, 0.25) is 0 Å². The highest BCUT2D eigenvalue weighted by atomic mass is 79.9. The second-order valence-electron chi connectivity index (χ2n) is 4.97. The Bertz CT molecular complexity index is 427. The largest absolute Gasteiger partial charge is 0.378 e. The third-order valence-electron chi connectivity index (χ3n) is 3.81. The van der Waals surface area contributed by atoms with E-state index in [2.05, 4.69) is 35.1 Å². The molecule has 1 fully saturated rings. The van der Waals surface area contributed by atoms with Gasteiger partial charge in [-0.2, -0.15) is 0 Å². The molecule has 1 aliphatic rings. The van der Waals surface area contributed by atoms with Crippen LogP contribution in [0.4, 0.5) is 4.39 Å². The van der Waals surface area contributed by atoms with E-state index in [1.54, 1.807) is 6.07 Å². The summed E-state index contributed by atoms with van der Waals surface area (Å²) < 4.78 is 20.8. The molecule has 0 aliphatic carbocycles. The molecule has 19 heavy (non-hydrogen) atoms. The predicted octanol–water partition coefficient (Wildman–Crippen LogP) is 4.05. The van der Waals surface area contributed by atoms with Crippen LogP contribution in [0.1, 0.15) is 38.3 Å². The SMILES string of the molecule is CCNC(c1cc(Br)ccc1F)C1CCOC1CC. The van der Waals surface area contributed by atoms with Crippen molar-refractivity contribution >= 4 is 15.9 Å². The van der Waals surface area contributed by atoms with Crippen LogP contribution in [0.3, 0.4) is 0 Å². The molecule has 0 spiro atoms. The third-order valence-corrected chi connectivity index (χ3v) is 4.30. The zero-order valence-electron chi connectivity index (χ0n) is 11.5. The molecule has 1 heterocycles. The minimum Gasteiger partial charge on any atom is -0.378 e. The van der Waals surface area contributed by atoms with Gasteiger partial charge < -0.3 is 10.1 Å². The average molecular weight is 330 g/mol. The van der Waals surface area contributed by atoms with Crippen LogP contribution in [-0.2, 0) is 4.74 Å². The van der Waals surface area contributed by atoms with Crippen LogP contribution >= 0.6 is 15.9 Å². The lowest BCUT2D eigenvalue weighted by Crippen LogP contribution is -2.33. The van der Waals surface area contributed by atoms with Gasteiger partial charge in [0.1, 0.15) is 5.82 Å². The quantitative estimate of drug-likeness (QED) is 0.879. The molecule has 1 aliphatic heterocycles. The Hall–Kier alpha value is -0.450. The molecule has 1 saturated heterocycles. The molecule has 2 rings (SSSR count). The van der Waals surface area contributed by atoms with Crippen LogP contribution in [-0.4, -0.2) is 19.3 Å². The molecule has 0 aromatic heterocycles. The Kier molecular flexibility index (Phi) is 5.37. The van der Waals surface area contributed by atoms with E-state index in [9.17, 15) is 4.39 Å². The van der Waals surface area contributed by atoms with Crippen molar-refractivity contribution in [2.75, 3.05) is 13.2 Å². The summed E-state index contributed by atoms with van der Waals surface area (Å²) in [5.41, 5.74) is 0.741. The Labute approximate surface area is 122 Å². The molecule has 3 atom stereocenters. The van der Waals surface area contributed by atoms with E-state index in [4.69, 9.17) is 4.74 Å². The van der Waals surface area contributed by atoms with Gasteiger partial charge >= 0.3 is 0 Å². The summed E-state index contributed by atoms with van der Waals surface area (Å²) in [5, 5.41) is 3.43. The number of nitrogens with one attached hydrogen (secondary N) is 1. The van der Waals surface area contributed by atoms with Gasteiger partial charge in [0, 0.05) is 28.6 Å². The van der Waals surface area contributed by atoms with E-state index in [1.807, 2.05) is 6.07 Å². The zero-order chi connectivity index (χ0) is 13.8. The number of ether oxygens (including phenoxy) is 1. The molecule has 1 aromatic rings. The fourth-order valence-electron chi connectivity index (χ4n) is 2.93. The normalized spacial score (nSPS) is 24.6. The van der Waals surface area contributed by atoms with Crippen molar-refractivity contribution in [3.8, 4) is 0 Å². The first kappa shape index (κ1) is 14.9. The van der Waals surface area contributed by atoms with Crippen molar-refractivity contribution in [1.82, 2.24) is 5.32 Å². The summed E-state index contributed by atoms with van der Waals surface area (Å²) in [4.78, 5) is 0. The number of hydrogen-bond donors (Lipinski definition) is 1. The van der Waals surface area contributed by atoms with E-state index in [0.29, 0.717) is 5.92 Å². The van der Waals surface area contributed by atoms with Gasteiger partial charge in [0.2, 0.25) is 0 Å². The van der Waals surface area contributed by atoms with Crippen LogP contribution in [0, 0.1) is 11.7 Å². The summed E-state index contributed by atoms with van der Waals surface area (Å²) in [5.74, 6) is 0.199. The van der Waals surface area contributed by atoms with Crippen molar-refractivity contribution in [1.29, 1.82) is 0 Å². The zero-order valence-corrected chi connectivity index (χ0v) is 13.0. The maximum atomic E-state index is 14.1. The van der Waals surface area contributed by atoms with E-state index in [-0.39, 0.29) is 18.0 Å². The Balaban J connectivity index is 2.31. The predicted molar refractivity (Wildman–Crippen MR) is 78.7 cm³/mol. The van der Waals surface area contributed by atoms with Crippen LogP contribution in [0.25, 0.3) is 0 Å². The summed E-state index contributed by atoms with van der Waals surface area (Å²) in [6.45, 7) is 5.78. The minimum atomic E-state index is -0.143. The molecule has 0 saturated carbocycles. The van der Waals surface area contributed by atoms with Gasteiger partial charge in [-0.15, -0.1) is 0 Å². The summed E-state index contributed by atoms with van der Waals surface area (Å²) >= 11 is 3.43. The maximum absolute atomic E-state index is 14.1. The molecule has 106 valence electrons. The smallest absolute Gasteiger partial charge is 0.128 e.